The smallest absolute Gasteiger partial charge is 0.276 e. The Balaban J connectivity index is 1.86. The van der Waals surface area contributed by atoms with Crippen molar-refractivity contribution in [2.75, 3.05) is 6.54 Å². The Morgan fingerprint density at radius 3 is 2.78 bits per heavy atom. The van der Waals surface area contributed by atoms with Gasteiger partial charge in [-0.3, -0.25) is 0 Å². The molecule has 2 aromatic rings. The van der Waals surface area contributed by atoms with Gasteiger partial charge in [0.1, 0.15) is 6.07 Å². The average Bonchev–Trinajstić information content (AvgIpc) is 3.19. The highest BCUT2D eigenvalue weighted by atomic mass is 35.5. The molecule has 2 heterocycles. The maximum absolute atomic E-state index is 12.7. The zero-order valence-corrected chi connectivity index (χ0v) is 13.8. The van der Waals surface area contributed by atoms with Crippen LogP contribution in [0.4, 0.5) is 0 Å². The van der Waals surface area contributed by atoms with Gasteiger partial charge in [0.05, 0.1) is 0 Å². The highest BCUT2D eigenvalue weighted by molar-refractivity contribution is 7.89. The van der Waals surface area contributed by atoms with Crippen LogP contribution in [0, 0.1) is 11.3 Å². The van der Waals surface area contributed by atoms with E-state index in [1.165, 1.54) is 16.4 Å². The second-order valence-electron chi connectivity index (χ2n) is 5.44. The normalized spacial score (nSPS) is 18.9. The molecule has 1 unspecified atom stereocenters. The number of halogens is 1. The fraction of sp³-hybridized carbons (Fsp3) is 0.312. The van der Waals surface area contributed by atoms with E-state index in [0.29, 0.717) is 18.0 Å². The van der Waals surface area contributed by atoms with Crippen molar-refractivity contribution in [2.45, 2.75) is 30.4 Å². The minimum Gasteiger partial charge on any atom is -0.433 e. The minimum absolute atomic E-state index is 0.00887. The molecule has 0 radical (unpaired) electrons. The molecule has 5 nitrogen and oxygen atoms in total. The van der Waals surface area contributed by atoms with Gasteiger partial charge in [-0.1, -0.05) is 29.8 Å². The molecule has 3 rings (SSSR count). The summed E-state index contributed by atoms with van der Waals surface area (Å²) in [5.41, 5.74) is 0.929. The predicted molar refractivity (Wildman–Crippen MR) is 85.5 cm³/mol. The fourth-order valence-electron chi connectivity index (χ4n) is 2.88. The second-order valence-corrected chi connectivity index (χ2v) is 7.67. The second kappa shape index (κ2) is 6.36. The summed E-state index contributed by atoms with van der Waals surface area (Å²) < 4.78 is 32.0. The summed E-state index contributed by atoms with van der Waals surface area (Å²) in [5, 5.41) is 9.25. The van der Waals surface area contributed by atoms with Crippen molar-refractivity contribution in [3.8, 4) is 6.07 Å². The average molecular weight is 351 g/mol. The van der Waals surface area contributed by atoms with E-state index < -0.39 is 10.0 Å². The summed E-state index contributed by atoms with van der Waals surface area (Å²) in [6, 6.07) is 11.8. The van der Waals surface area contributed by atoms with Gasteiger partial charge in [-0.2, -0.15) is 9.57 Å². The van der Waals surface area contributed by atoms with Crippen LogP contribution in [-0.4, -0.2) is 25.3 Å². The Kier molecular flexibility index (Phi) is 4.44. The number of sulfonamides is 1. The van der Waals surface area contributed by atoms with Gasteiger partial charge < -0.3 is 4.42 Å². The summed E-state index contributed by atoms with van der Waals surface area (Å²) in [6.45, 7) is 0.444. The Bertz CT molecular complexity index is 854. The van der Waals surface area contributed by atoms with Crippen molar-refractivity contribution in [1.29, 1.82) is 5.26 Å². The first kappa shape index (κ1) is 16.1. The zero-order valence-electron chi connectivity index (χ0n) is 12.3. The number of nitriles is 1. The van der Waals surface area contributed by atoms with Gasteiger partial charge in [-0.25, -0.2) is 8.42 Å². The molecule has 0 saturated carbocycles. The maximum atomic E-state index is 12.7. The lowest BCUT2D eigenvalue weighted by atomic mass is 10.0. The van der Waals surface area contributed by atoms with Crippen LogP contribution in [0.3, 0.4) is 0 Å². The van der Waals surface area contributed by atoms with E-state index in [4.69, 9.17) is 21.3 Å². The van der Waals surface area contributed by atoms with Gasteiger partial charge in [0.2, 0.25) is 10.9 Å². The lowest BCUT2D eigenvalue weighted by molar-refractivity contribution is 0.359. The molecule has 0 aliphatic carbocycles. The molecule has 0 amide bonds. The highest BCUT2D eigenvalue weighted by Crippen LogP contribution is 2.30. The Hall–Kier alpha value is -1.81. The van der Waals surface area contributed by atoms with Gasteiger partial charge in [0, 0.05) is 17.6 Å². The number of benzene rings is 1. The van der Waals surface area contributed by atoms with E-state index in [2.05, 4.69) is 0 Å². The molecule has 0 N–H and O–H groups in total. The lowest BCUT2D eigenvalue weighted by Gasteiger charge is -2.23. The van der Waals surface area contributed by atoms with E-state index in [1.807, 2.05) is 18.2 Å². The number of hydrogen-bond donors (Lipinski definition) is 0. The molecular weight excluding hydrogens is 336 g/mol. The Morgan fingerprint density at radius 1 is 1.30 bits per heavy atom. The van der Waals surface area contributed by atoms with Crippen molar-refractivity contribution in [2.24, 2.45) is 0 Å². The van der Waals surface area contributed by atoms with Crippen molar-refractivity contribution in [1.82, 2.24) is 4.31 Å². The predicted octanol–water partition coefficient (Wildman–Crippen LogP) is 3.20. The van der Waals surface area contributed by atoms with Gasteiger partial charge >= 0.3 is 0 Å². The molecule has 1 atom stereocenters. The monoisotopic (exact) mass is 350 g/mol. The first-order valence-electron chi connectivity index (χ1n) is 7.27. The van der Waals surface area contributed by atoms with Crippen molar-refractivity contribution < 1.29 is 12.8 Å². The third-order valence-electron chi connectivity index (χ3n) is 3.99. The van der Waals surface area contributed by atoms with Crippen molar-refractivity contribution in [3.05, 3.63) is 52.7 Å². The molecule has 1 aliphatic heterocycles. The molecule has 1 aromatic carbocycles. The molecule has 1 aliphatic rings. The molecule has 0 bridgehead atoms. The van der Waals surface area contributed by atoms with Crippen molar-refractivity contribution in [3.63, 3.8) is 0 Å². The molecule has 7 heteroatoms. The number of rotatable bonds is 4. The summed E-state index contributed by atoms with van der Waals surface area (Å²) in [4.78, 5) is 0. The van der Waals surface area contributed by atoms with Gasteiger partial charge in [0.15, 0.2) is 0 Å². The molecule has 1 saturated heterocycles. The van der Waals surface area contributed by atoms with Gasteiger partial charge in [-0.05, 0) is 43.0 Å². The molecule has 1 aromatic heterocycles. The van der Waals surface area contributed by atoms with Crippen molar-refractivity contribution >= 4 is 21.6 Å². The summed E-state index contributed by atoms with van der Waals surface area (Å²) in [7, 11) is -3.74. The number of furan rings is 1. The topological polar surface area (TPSA) is 74.3 Å². The van der Waals surface area contributed by atoms with Crippen LogP contribution >= 0.6 is 11.6 Å². The minimum atomic E-state index is -3.74. The third kappa shape index (κ3) is 3.13. The largest absolute Gasteiger partial charge is 0.433 e. The number of hydrogen-bond acceptors (Lipinski definition) is 4. The van der Waals surface area contributed by atoms with Crippen LogP contribution in [0.2, 0.25) is 5.02 Å². The first-order chi connectivity index (χ1) is 11.0. The van der Waals surface area contributed by atoms with E-state index >= 15 is 0 Å². The van der Waals surface area contributed by atoms with Crippen LogP contribution in [0.1, 0.15) is 24.2 Å². The molecule has 0 spiro atoms. The van der Waals surface area contributed by atoms with E-state index in [0.717, 1.165) is 18.4 Å². The van der Waals surface area contributed by atoms with Gasteiger partial charge in [0.25, 0.3) is 10.0 Å². The van der Waals surface area contributed by atoms with Crippen LogP contribution in [0.25, 0.3) is 0 Å². The van der Waals surface area contributed by atoms with E-state index in [1.54, 1.807) is 12.1 Å². The van der Waals surface area contributed by atoms with Crippen LogP contribution in [0.5, 0.6) is 0 Å². The quantitative estimate of drug-likeness (QED) is 0.848. The summed E-state index contributed by atoms with van der Waals surface area (Å²) >= 11 is 6.18. The molecule has 1 fully saturated rings. The number of nitrogens with zero attached hydrogens (tertiary/aromatic N) is 2. The molecule has 23 heavy (non-hydrogen) atoms. The van der Waals surface area contributed by atoms with Crippen LogP contribution in [0.15, 0.2) is 45.9 Å². The van der Waals surface area contributed by atoms with Crippen LogP contribution < -0.4 is 0 Å². The summed E-state index contributed by atoms with van der Waals surface area (Å²) in [6.07, 6.45) is 2.13. The Labute approximate surface area is 140 Å². The molecule has 120 valence electrons. The lowest BCUT2D eigenvalue weighted by Crippen LogP contribution is -2.36. The maximum Gasteiger partial charge on any atom is 0.276 e. The molecular formula is C16H15ClN2O3S. The summed E-state index contributed by atoms with van der Waals surface area (Å²) in [5.74, 6) is -0.00887. The van der Waals surface area contributed by atoms with Crippen LogP contribution in [-0.2, 0) is 16.4 Å². The highest BCUT2D eigenvalue weighted by Gasteiger charge is 2.37. The first-order valence-corrected chi connectivity index (χ1v) is 9.09. The standard InChI is InChI=1S/C16H15ClN2O3S/c17-15-6-2-1-4-12(15)10-13-5-3-9-19(13)23(20,21)16-8-7-14(11-18)22-16/h1-2,4,6-8,13H,3,5,9-10H2. The Morgan fingerprint density at radius 2 is 2.09 bits per heavy atom. The zero-order chi connectivity index (χ0) is 16.4. The van der Waals surface area contributed by atoms with E-state index in [9.17, 15) is 8.42 Å². The SMILES string of the molecule is N#Cc1ccc(S(=O)(=O)N2CCCC2Cc2ccccc2Cl)o1. The van der Waals surface area contributed by atoms with Gasteiger partial charge in [-0.15, -0.1) is 0 Å². The fourth-order valence-corrected chi connectivity index (χ4v) is 4.70. The van der Waals surface area contributed by atoms with E-state index in [-0.39, 0.29) is 16.9 Å². The third-order valence-corrected chi connectivity index (χ3v) is 6.19.